The Kier molecular flexibility index (Phi) is 4.92. The number of nitrogens with zero attached hydrogens (tertiary/aromatic N) is 2. The average Bonchev–Trinajstić information content (AvgIpc) is 3.24. The Morgan fingerprint density at radius 2 is 2.35 bits per heavy atom. The number of methoxy groups -OCH3 is 1. The standard InChI is InChI=1S/C17H21N3O3/c1-22-16-5-3-2-4-15(16)20-11-14(10-19-20)9-18-17(21)8-13-6-7-23-12-13/h2-5,10-11,13H,6-9,12H2,1H3,(H,18,21). The molecule has 1 aromatic carbocycles. The smallest absolute Gasteiger partial charge is 0.220 e. The van der Waals surface area contributed by atoms with Gasteiger partial charge in [0.25, 0.3) is 0 Å². The SMILES string of the molecule is COc1ccccc1-n1cc(CNC(=O)CC2CCOC2)cn1. The Balaban J connectivity index is 1.58. The topological polar surface area (TPSA) is 65.4 Å². The Labute approximate surface area is 135 Å². The van der Waals surface area contributed by atoms with Gasteiger partial charge in [-0.25, -0.2) is 4.68 Å². The molecule has 0 spiro atoms. The molecule has 1 fully saturated rings. The van der Waals surface area contributed by atoms with E-state index in [1.54, 1.807) is 18.0 Å². The third-order valence-corrected chi connectivity index (χ3v) is 3.96. The van der Waals surface area contributed by atoms with Crippen molar-refractivity contribution < 1.29 is 14.3 Å². The van der Waals surface area contributed by atoms with Crippen LogP contribution in [0.3, 0.4) is 0 Å². The fourth-order valence-corrected chi connectivity index (χ4v) is 2.68. The molecule has 122 valence electrons. The molecule has 0 aliphatic carbocycles. The number of hydrogen-bond acceptors (Lipinski definition) is 4. The summed E-state index contributed by atoms with van der Waals surface area (Å²) >= 11 is 0. The highest BCUT2D eigenvalue weighted by Crippen LogP contribution is 2.21. The zero-order chi connectivity index (χ0) is 16.1. The number of benzene rings is 1. The second kappa shape index (κ2) is 7.28. The van der Waals surface area contributed by atoms with E-state index in [-0.39, 0.29) is 5.91 Å². The number of aromatic nitrogens is 2. The van der Waals surface area contributed by atoms with Gasteiger partial charge < -0.3 is 14.8 Å². The maximum Gasteiger partial charge on any atom is 0.220 e. The first kappa shape index (κ1) is 15.6. The first-order valence-corrected chi connectivity index (χ1v) is 7.77. The lowest BCUT2D eigenvalue weighted by atomic mass is 10.0. The van der Waals surface area contributed by atoms with Gasteiger partial charge in [-0.05, 0) is 24.5 Å². The summed E-state index contributed by atoms with van der Waals surface area (Å²) in [4.78, 5) is 11.9. The van der Waals surface area contributed by atoms with Crippen LogP contribution in [0.4, 0.5) is 0 Å². The number of rotatable bonds is 6. The molecule has 1 aliphatic heterocycles. The molecule has 6 nitrogen and oxygen atoms in total. The summed E-state index contributed by atoms with van der Waals surface area (Å²) in [6, 6.07) is 7.68. The van der Waals surface area contributed by atoms with Crippen molar-refractivity contribution in [1.82, 2.24) is 15.1 Å². The van der Waals surface area contributed by atoms with Gasteiger partial charge in [0, 0.05) is 37.9 Å². The number of amides is 1. The second-order valence-electron chi connectivity index (χ2n) is 5.68. The molecular weight excluding hydrogens is 294 g/mol. The molecule has 0 bridgehead atoms. The van der Waals surface area contributed by atoms with E-state index in [0.29, 0.717) is 25.5 Å². The van der Waals surface area contributed by atoms with Crippen molar-refractivity contribution in [3.8, 4) is 11.4 Å². The minimum absolute atomic E-state index is 0.0607. The number of carbonyl (C=O) groups is 1. The van der Waals surface area contributed by atoms with Crippen molar-refractivity contribution >= 4 is 5.91 Å². The zero-order valence-electron chi connectivity index (χ0n) is 13.2. The summed E-state index contributed by atoms with van der Waals surface area (Å²) in [7, 11) is 1.64. The first-order chi connectivity index (χ1) is 11.3. The van der Waals surface area contributed by atoms with Gasteiger partial charge >= 0.3 is 0 Å². The van der Waals surface area contributed by atoms with Crippen LogP contribution in [0.1, 0.15) is 18.4 Å². The normalized spacial score (nSPS) is 17.2. The van der Waals surface area contributed by atoms with Crippen molar-refractivity contribution in [1.29, 1.82) is 0 Å². The summed E-state index contributed by atoms with van der Waals surface area (Å²) in [6.07, 6.45) is 5.15. The number of nitrogens with one attached hydrogen (secondary N) is 1. The number of hydrogen-bond donors (Lipinski definition) is 1. The predicted molar refractivity (Wildman–Crippen MR) is 85.5 cm³/mol. The van der Waals surface area contributed by atoms with Gasteiger partial charge in [0.15, 0.2) is 0 Å². The molecule has 0 saturated carbocycles. The van der Waals surface area contributed by atoms with Gasteiger partial charge in [0.2, 0.25) is 5.91 Å². The molecule has 3 rings (SSSR count). The third-order valence-electron chi connectivity index (χ3n) is 3.96. The molecular formula is C17H21N3O3. The maximum atomic E-state index is 11.9. The van der Waals surface area contributed by atoms with Crippen LogP contribution in [0, 0.1) is 5.92 Å². The van der Waals surface area contributed by atoms with Crippen LogP contribution in [0.5, 0.6) is 5.75 Å². The van der Waals surface area contributed by atoms with Crippen LogP contribution in [-0.4, -0.2) is 36.0 Å². The van der Waals surface area contributed by atoms with Crippen molar-refractivity contribution in [2.75, 3.05) is 20.3 Å². The van der Waals surface area contributed by atoms with Crippen LogP contribution in [0.2, 0.25) is 0 Å². The molecule has 2 aromatic rings. The summed E-state index contributed by atoms with van der Waals surface area (Å²) in [5, 5.41) is 7.28. The van der Waals surface area contributed by atoms with E-state index in [9.17, 15) is 4.79 Å². The molecule has 0 radical (unpaired) electrons. The highest BCUT2D eigenvalue weighted by atomic mass is 16.5. The van der Waals surface area contributed by atoms with Gasteiger partial charge in [0.05, 0.1) is 13.3 Å². The van der Waals surface area contributed by atoms with Crippen LogP contribution in [-0.2, 0) is 16.1 Å². The van der Waals surface area contributed by atoms with Crippen LogP contribution in [0.15, 0.2) is 36.7 Å². The van der Waals surface area contributed by atoms with Crippen LogP contribution >= 0.6 is 0 Å². The molecule has 1 amide bonds. The molecule has 1 N–H and O–H groups in total. The monoisotopic (exact) mass is 315 g/mol. The number of ether oxygens (including phenoxy) is 2. The van der Waals surface area contributed by atoms with Crippen molar-refractivity contribution in [2.24, 2.45) is 5.92 Å². The van der Waals surface area contributed by atoms with E-state index < -0.39 is 0 Å². The number of carbonyl (C=O) groups excluding carboxylic acids is 1. The van der Waals surface area contributed by atoms with E-state index >= 15 is 0 Å². The summed E-state index contributed by atoms with van der Waals surface area (Å²) in [6.45, 7) is 1.93. The largest absolute Gasteiger partial charge is 0.494 e. The average molecular weight is 315 g/mol. The van der Waals surface area contributed by atoms with E-state index in [2.05, 4.69) is 10.4 Å². The van der Waals surface area contributed by atoms with Gasteiger partial charge in [-0.3, -0.25) is 4.79 Å². The van der Waals surface area contributed by atoms with Crippen molar-refractivity contribution in [3.05, 3.63) is 42.2 Å². The molecule has 1 atom stereocenters. The number of para-hydroxylation sites is 2. The third kappa shape index (κ3) is 3.90. The van der Waals surface area contributed by atoms with E-state index in [1.165, 1.54) is 0 Å². The second-order valence-corrected chi connectivity index (χ2v) is 5.68. The highest BCUT2D eigenvalue weighted by molar-refractivity contribution is 5.76. The zero-order valence-corrected chi connectivity index (χ0v) is 13.2. The van der Waals surface area contributed by atoms with E-state index in [4.69, 9.17) is 9.47 Å². The lowest BCUT2D eigenvalue weighted by Crippen LogP contribution is -2.25. The molecule has 1 aromatic heterocycles. The van der Waals surface area contributed by atoms with Crippen LogP contribution < -0.4 is 10.1 Å². The van der Waals surface area contributed by atoms with Crippen LogP contribution in [0.25, 0.3) is 5.69 Å². The molecule has 1 aliphatic rings. The lowest BCUT2D eigenvalue weighted by Gasteiger charge is -2.08. The van der Waals surface area contributed by atoms with E-state index in [1.807, 2.05) is 30.5 Å². The van der Waals surface area contributed by atoms with Gasteiger partial charge in [0.1, 0.15) is 11.4 Å². The molecule has 1 unspecified atom stereocenters. The Morgan fingerprint density at radius 3 is 3.13 bits per heavy atom. The minimum Gasteiger partial charge on any atom is -0.494 e. The van der Waals surface area contributed by atoms with E-state index in [0.717, 1.165) is 30.0 Å². The fraction of sp³-hybridized carbons (Fsp3) is 0.412. The molecule has 23 heavy (non-hydrogen) atoms. The van der Waals surface area contributed by atoms with Gasteiger partial charge in [-0.15, -0.1) is 0 Å². The highest BCUT2D eigenvalue weighted by Gasteiger charge is 2.18. The molecule has 1 saturated heterocycles. The maximum absolute atomic E-state index is 11.9. The quantitative estimate of drug-likeness (QED) is 0.884. The first-order valence-electron chi connectivity index (χ1n) is 7.77. The Bertz CT molecular complexity index is 663. The van der Waals surface area contributed by atoms with Gasteiger partial charge in [-0.1, -0.05) is 12.1 Å². The minimum atomic E-state index is 0.0607. The summed E-state index contributed by atoms with van der Waals surface area (Å²) in [5.74, 6) is 1.17. The predicted octanol–water partition coefficient (Wildman–Crippen LogP) is 1.92. The lowest BCUT2D eigenvalue weighted by molar-refractivity contribution is -0.122. The Hall–Kier alpha value is -2.34. The molecule has 2 heterocycles. The fourth-order valence-electron chi connectivity index (χ4n) is 2.68. The Morgan fingerprint density at radius 1 is 1.48 bits per heavy atom. The molecule has 6 heteroatoms. The van der Waals surface area contributed by atoms with Crippen molar-refractivity contribution in [3.63, 3.8) is 0 Å². The summed E-state index contributed by atoms with van der Waals surface area (Å²) in [5.41, 5.74) is 1.82. The van der Waals surface area contributed by atoms with Crippen molar-refractivity contribution in [2.45, 2.75) is 19.4 Å². The van der Waals surface area contributed by atoms with Gasteiger partial charge in [-0.2, -0.15) is 5.10 Å². The summed E-state index contributed by atoms with van der Waals surface area (Å²) < 4.78 is 12.4.